The fraction of sp³-hybridized carbons (Fsp3) is 0.588. The molecule has 2 aromatic heterocycles. The molecule has 2 N–H and O–H groups in total. The molecule has 0 radical (unpaired) electrons. The van der Waals surface area contributed by atoms with Crippen LogP contribution in [-0.4, -0.2) is 64.5 Å². The van der Waals surface area contributed by atoms with Gasteiger partial charge in [-0.05, 0) is 12.8 Å². The lowest BCUT2D eigenvalue weighted by atomic mass is 9.86. The maximum absolute atomic E-state index is 12.9. The minimum Gasteiger partial charge on any atom is -0.383 e. The van der Waals surface area contributed by atoms with Gasteiger partial charge in [0.1, 0.15) is 16.4 Å². The molecule has 0 bridgehead atoms. The molecule has 0 saturated carbocycles. The quantitative estimate of drug-likeness (QED) is 0.669. The zero-order valence-corrected chi connectivity index (χ0v) is 16.1. The van der Waals surface area contributed by atoms with E-state index >= 15 is 0 Å². The third-order valence-electron chi connectivity index (χ3n) is 4.66. The predicted molar refractivity (Wildman–Crippen MR) is 101 cm³/mol. The largest absolute Gasteiger partial charge is 0.383 e. The van der Waals surface area contributed by atoms with Gasteiger partial charge in [-0.15, -0.1) is 11.3 Å². The minimum atomic E-state index is -0.651. The van der Waals surface area contributed by atoms with Crippen molar-refractivity contribution in [1.82, 2.24) is 25.0 Å². The second-order valence-corrected chi connectivity index (χ2v) is 7.51. The minimum absolute atomic E-state index is 0.00843. The molecule has 0 aliphatic carbocycles. The van der Waals surface area contributed by atoms with Crippen LogP contribution in [0.4, 0.5) is 5.82 Å². The molecule has 142 valence electrons. The van der Waals surface area contributed by atoms with E-state index in [1.807, 2.05) is 30.9 Å². The van der Waals surface area contributed by atoms with Gasteiger partial charge in [0.05, 0.1) is 13.2 Å². The third-order valence-corrected chi connectivity index (χ3v) is 5.42. The van der Waals surface area contributed by atoms with E-state index in [4.69, 9.17) is 4.74 Å². The van der Waals surface area contributed by atoms with Gasteiger partial charge in [-0.1, -0.05) is 0 Å². The number of hydrogen-bond acceptors (Lipinski definition) is 7. The van der Waals surface area contributed by atoms with Gasteiger partial charge in [-0.25, -0.2) is 4.98 Å². The van der Waals surface area contributed by atoms with Crippen LogP contribution in [0.1, 0.15) is 17.8 Å². The number of methoxy groups -OCH3 is 1. The van der Waals surface area contributed by atoms with Crippen LogP contribution < -0.4 is 10.6 Å². The van der Waals surface area contributed by atoms with Crippen LogP contribution >= 0.6 is 11.3 Å². The summed E-state index contributed by atoms with van der Waals surface area (Å²) in [6, 6.07) is 1.89. The van der Waals surface area contributed by atoms with E-state index < -0.39 is 5.54 Å². The average Bonchev–Trinajstić information content (AvgIpc) is 3.28. The highest BCUT2D eigenvalue weighted by Gasteiger charge is 2.41. The highest BCUT2D eigenvalue weighted by molar-refractivity contribution is 7.09. The van der Waals surface area contributed by atoms with Crippen LogP contribution in [0.15, 0.2) is 23.8 Å². The van der Waals surface area contributed by atoms with Gasteiger partial charge in [0.2, 0.25) is 5.91 Å². The molecule has 0 unspecified atom stereocenters. The second kappa shape index (κ2) is 8.61. The summed E-state index contributed by atoms with van der Waals surface area (Å²) in [6.45, 7) is 3.50. The number of aromatic nitrogens is 3. The number of rotatable bonds is 8. The lowest BCUT2D eigenvalue weighted by molar-refractivity contribution is -0.127. The normalized spacial score (nSPS) is 17.2. The summed E-state index contributed by atoms with van der Waals surface area (Å²) >= 11 is 1.67. The number of ether oxygens (including phenoxy) is 1. The van der Waals surface area contributed by atoms with Crippen molar-refractivity contribution in [3.05, 3.63) is 28.8 Å². The first kappa shape index (κ1) is 18.8. The van der Waals surface area contributed by atoms with Crippen molar-refractivity contribution in [2.24, 2.45) is 7.05 Å². The second-order valence-electron chi connectivity index (χ2n) is 6.53. The Morgan fingerprint density at radius 3 is 2.85 bits per heavy atom. The average molecular weight is 379 g/mol. The van der Waals surface area contributed by atoms with Gasteiger partial charge in [0.15, 0.2) is 0 Å². The summed E-state index contributed by atoms with van der Waals surface area (Å²) in [5.41, 5.74) is -0.651. The molecule has 0 atom stereocenters. The summed E-state index contributed by atoms with van der Waals surface area (Å²) in [4.78, 5) is 19.6. The molecule has 3 heterocycles. The monoisotopic (exact) mass is 378 g/mol. The Labute approximate surface area is 157 Å². The number of likely N-dealkylation sites (tertiary alicyclic amines) is 1. The Morgan fingerprint density at radius 1 is 1.42 bits per heavy atom. The first-order valence-corrected chi connectivity index (χ1v) is 9.65. The SMILES string of the molecule is COCCNC(=O)C1(Nc2ccn(C)n2)CCN(Cc2nccs2)CC1. The Kier molecular flexibility index (Phi) is 6.23. The Balaban J connectivity index is 1.66. The topological polar surface area (TPSA) is 84.3 Å². The summed E-state index contributed by atoms with van der Waals surface area (Å²) < 4.78 is 6.78. The van der Waals surface area contributed by atoms with Gasteiger partial charge in [0.25, 0.3) is 0 Å². The fourth-order valence-electron chi connectivity index (χ4n) is 3.19. The van der Waals surface area contributed by atoms with Crippen LogP contribution in [0.2, 0.25) is 0 Å². The number of carbonyl (C=O) groups is 1. The summed E-state index contributed by atoms with van der Waals surface area (Å²) in [6.07, 6.45) is 5.14. The summed E-state index contributed by atoms with van der Waals surface area (Å²) in [5.74, 6) is 0.733. The fourth-order valence-corrected chi connectivity index (χ4v) is 3.84. The number of thiazole rings is 1. The van der Waals surface area contributed by atoms with E-state index in [2.05, 4.69) is 25.6 Å². The molecule has 1 aliphatic rings. The first-order chi connectivity index (χ1) is 12.6. The van der Waals surface area contributed by atoms with Gasteiger partial charge in [-0.2, -0.15) is 5.10 Å². The van der Waals surface area contributed by atoms with Crippen LogP contribution in [0.25, 0.3) is 0 Å². The smallest absolute Gasteiger partial charge is 0.245 e. The number of aryl methyl sites for hydroxylation is 1. The molecule has 2 aromatic rings. The molecule has 8 nitrogen and oxygen atoms in total. The Morgan fingerprint density at radius 2 is 2.23 bits per heavy atom. The van der Waals surface area contributed by atoms with Crippen molar-refractivity contribution in [2.45, 2.75) is 24.9 Å². The maximum atomic E-state index is 12.9. The standard InChI is InChI=1S/C17H26N6O2S/c1-22-8-3-14(21-22)20-17(16(24)19-6-11-25-2)4-9-23(10-5-17)13-15-18-7-12-26-15/h3,7-8,12H,4-6,9-11,13H2,1-2H3,(H,19,24)(H,20,21). The number of amides is 1. The summed E-state index contributed by atoms with van der Waals surface area (Å²) in [7, 11) is 3.50. The molecular formula is C17H26N6O2S. The number of anilines is 1. The highest BCUT2D eigenvalue weighted by atomic mass is 32.1. The van der Waals surface area contributed by atoms with Crippen LogP contribution in [-0.2, 0) is 23.1 Å². The van der Waals surface area contributed by atoms with Gasteiger partial charge < -0.3 is 15.4 Å². The molecule has 0 aromatic carbocycles. The van der Waals surface area contributed by atoms with Crippen LogP contribution in [0, 0.1) is 0 Å². The van der Waals surface area contributed by atoms with E-state index in [1.54, 1.807) is 23.1 Å². The Bertz CT molecular complexity index is 694. The van der Waals surface area contributed by atoms with Crippen LogP contribution in [0.5, 0.6) is 0 Å². The Hall–Kier alpha value is -1.97. The molecule has 1 fully saturated rings. The van der Waals surface area contributed by atoms with E-state index in [1.165, 1.54) is 0 Å². The number of nitrogens with zero attached hydrogens (tertiary/aromatic N) is 4. The maximum Gasteiger partial charge on any atom is 0.245 e. The number of piperidine rings is 1. The van der Waals surface area contributed by atoms with E-state index in [0.29, 0.717) is 26.0 Å². The zero-order valence-electron chi connectivity index (χ0n) is 15.3. The van der Waals surface area contributed by atoms with E-state index in [9.17, 15) is 4.79 Å². The molecule has 1 aliphatic heterocycles. The first-order valence-electron chi connectivity index (χ1n) is 8.77. The third kappa shape index (κ3) is 4.60. The van der Waals surface area contributed by atoms with Gasteiger partial charge >= 0.3 is 0 Å². The lowest BCUT2D eigenvalue weighted by Gasteiger charge is -2.41. The summed E-state index contributed by atoms with van der Waals surface area (Å²) in [5, 5.41) is 13.9. The van der Waals surface area contributed by atoms with Crippen molar-refractivity contribution in [3.63, 3.8) is 0 Å². The number of nitrogens with one attached hydrogen (secondary N) is 2. The van der Waals surface area contributed by atoms with Crippen molar-refractivity contribution in [2.75, 3.05) is 38.7 Å². The van der Waals surface area contributed by atoms with E-state index in [-0.39, 0.29) is 5.91 Å². The molecule has 1 saturated heterocycles. The van der Waals surface area contributed by atoms with E-state index in [0.717, 1.165) is 30.5 Å². The van der Waals surface area contributed by atoms with Gasteiger partial charge in [0, 0.05) is 57.6 Å². The number of hydrogen-bond donors (Lipinski definition) is 2. The highest BCUT2D eigenvalue weighted by Crippen LogP contribution is 2.28. The number of carbonyl (C=O) groups excluding carboxylic acids is 1. The zero-order chi connectivity index (χ0) is 18.4. The molecule has 3 rings (SSSR count). The molecule has 9 heteroatoms. The molecule has 26 heavy (non-hydrogen) atoms. The van der Waals surface area contributed by atoms with Crippen molar-refractivity contribution in [3.8, 4) is 0 Å². The van der Waals surface area contributed by atoms with Crippen LogP contribution in [0.3, 0.4) is 0 Å². The lowest BCUT2D eigenvalue weighted by Crippen LogP contribution is -2.58. The van der Waals surface area contributed by atoms with Crippen molar-refractivity contribution < 1.29 is 9.53 Å². The molecule has 1 amide bonds. The van der Waals surface area contributed by atoms with Crippen molar-refractivity contribution in [1.29, 1.82) is 0 Å². The molecular weight excluding hydrogens is 352 g/mol. The van der Waals surface area contributed by atoms with Crippen molar-refractivity contribution >= 4 is 23.1 Å². The predicted octanol–water partition coefficient (Wildman–Crippen LogP) is 1.09. The van der Waals surface area contributed by atoms with Gasteiger partial charge in [-0.3, -0.25) is 14.4 Å². The molecule has 0 spiro atoms.